The monoisotopic (exact) mass is 306 g/mol. The second kappa shape index (κ2) is 7.58. The molecule has 0 bridgehead atoms. The van der Waals surface area contributed by atoms with Gasteiger partial charge in [0.2, 0.25) is 0 Å². The Balaban J connectivity index is 0.00000324. The van der Waals surface area contributed by atoms with Crippen LogP contribution in [0, 0.1) is 6.92 Å². The molecule has 0 saturated carbocycles. The van der Waals surface area contributed by atoms with Gasteiger partial charge in [-0.15, -0.1) is 12.4 Å². The molecule has 0 atom stereocenters. The highest BCUT2D eigenvalue weighted by Crippen LogP contribution is 2.20. The van der Waals surface area contributed by atoms with Crippen molar-refractivity contribution in [3.8, 4) is 5.75 Å². The van der Waals surface area contributed by atoms with Crippen molar-refractivity contribution >= 4 is 29.9 Å². The highest BCUT2D eigenvalue weighted by Gasteiger charge is 2.18. The summed E-state index contributed by atoms with van der Waals surface area (Å²) in [6, 6.07) is 5.27. The molecule has 3 N–H and O–H groups in total. The fourth-order valence-corrected chi connectivity index (χ4v) is 1.44. The molecular weight excluding hydrogens is 287 g/mol. The number of ether oxygens (including phenoxy) is 1. The van der Waals surface area contributed by atoms with Crippen LogP contribution in [0.1, 0.15) is 19.4 Å². The highest BCUT2D eigenvalue weighted by atomic mass is 35.5. The van der Waals surface area contributed by atoms with Crippen molar-refractivity contribution < 1.29 is 9.53 Å². The maximum atomic E-state index is 11.6. The second-order valence-electron chi connectivity index (χ2n) is 4.84. The van der Waals surface area contributed by atoms with E-state index in [-0.39, 0.29) is 24.9 Å². The molecule has 6 heteroatoms. The zero-order valence-electron chi connectivity index (χ0n) is 11.3. The number of carbonyl (C=O) groups excluding carboxylic acids is 1. The predicted octanol–water partition coefficient (Wildman–Crippen LogP) is 2.30. The first-order valence-electron chi connectivity index (χ1n) is 5.74. The average molecular weight is 307 g/mol. The van der Waals surface area contributed by atoms with Crippen molar-refractivity contribution in [3.05, 3.63) is 28.8 Å². The van der Waals surface area contributed by atoms with Gasteiger partial charge in [-0.25, -0.2) is 0 Å². The molecule has 0 aliphatic carbocycles. The summed E-state index contributed by atoms with van der Waals surface area (Å²) in [4.78, 5) is 11.6. The summed E-state index contributed by atoms with van der Waals surface area (Å²) in [5.41, 5.74) is 6.02. The molecule has 0 heterocycles. The van der Waals surface area contributed by atoms with Gasteiger partial charge in [-0.05, 0) is 44.5 Å². The summed E-state index contributed by atoms with van der Waals surface area (Å²) in [6.45, 7) is 5.94. The van der Waals surface area contributed by atoms with Gasteiger partial charge >= 0.3 is 0 Å². The van der Waals surface area contributed by atoms with E-state index in [0.717, 1.165) is 5.56 Å². The minimum absolute atomic E-state index is 0. The van der Waals surface area contributed by atoms with Crippen molar-refractivity contribution in [2.24, 2.45) is 5.73 Å². The van der Waals surface area contributed by atoms with Crippen LogP contribution in [0.2, 0.25) is 5.02 Å². The molecule has 0 saturated heterocycles. The van der Waals surface area contributed by atoms with Crippen molar-refractivity contribution in [3.63, 3.8) is 0 Å². The first-order valence-corrected chi connectivity index (χ1v) is 6.12. The average Bonchev–Trinajstić information content (AvgIpc) is 2.30. The van der Waals surface area contributed by atoms with Gasteiger partial charge in [0.1, 0.15) is 5.75 Å². The van der Waals surface area contributed by atoms with Crippen LogP contribution in [-0.4, -0.2) is 24.6 Å². The van der Waals surface area contributed by atoms with E-state index in [1.807, 2.05) is 20.8 Å². The van der Waals surface area contributed by atoms with E-state index in [2.05, 4.69) is 5.32 Å². The maximum absolute atomic E-state index is 11.6. The molecule has 0 aliphatic heterocycles. The van der Waals surface area contributed by atoms with Crippen LogP contribution in [0.25, 0.3) is 0 Å². The fourth-order valence-electron chi connectivity index (χ4n) is 1.32. The van der Waals surface area contributed by atoms with Crippen LogP contribution >= 0.6 is 24.0 Å². The number of halogens is 2. The fraction of sp³-hybridized carbons (Fsp3) is 0.462. The predicted molar refractivity (Wildman–Crippen MR) is 80.2 cm³/mol. The van der Waals surface area contributed by atoms with E-state index in [1.54, 1.807) is 18.2 Å². The summed E-state index contributed by atoms with van der Waals surface area (Å²) in [7, 11) is 0. The largest absolute Gasteiger partial charge is 0.484 e. The lowest BCUT2D eigenvalue weighted by molar-refractivity contribution is -0.124. The number of benzene rings is 1. The molecule has 1 amide bonds. The number of hydrogen-bond donors (Lipinski definition) is 2. The van der Waals surface area contributed by atoms with Crippen LogP contribution in [-0.2, 0) is 4.79 Å². The van der Waals surface area contributed by atoms with E-state index >= 15 is 0 Å². The number of rotatable bonds is 5. The summed E-state index contributed by atoms with van der Waals surface area (Å²) in [5, 5.41) is 3.46. The van der Waals surface area contributed by atoms with Gasteiger partial charge < -0.3 is 15.8 Å². The molecule has 19 heavy (non-hydrogen) atoms. The van der Waals surface area contributed by atoms with Crippen molar-refractivity contribution in [2.75, 3.05) is 13.2 Å². The Morgan fingerprint density at radius 1 is 1.47 bits per heavy atom. The van der Waals surface area contributed by atoms with E-state index in [1.165, 1.54) is 0 Å². The molecule has 0 unspecified atom stereocenters. The molecule has 0 aromatic heterocycles. The molecular formula is C13H20Cl2N2O2. The number of carbonyl (C=O) groups is 1. The smallest absolute Gasteiger partial charge is 0.258 e. The summed E-state index contributed by atoms with van der Waals surface area (Å²) in [5.74, 6) is 0.427. The van der Waals surface area contributed by atoms with Crippen molar-refractivity contribution in [1.29, 1.82) is 0 Å². The van der Waals surface area contributed by atoms with E-state index < -0.39 is 5.54 Å². The van der Waals surface area contributed by atoms with Crippen LogP contribution in [0.3, 0.4) is 0 Å². The van der Waals surface area contributed by atoms with Gasteiger partial charge in [0, 0.05) is 17.1 Å². The second-order valence-corrected chi connectivity index (χ2v) is 5.24. The van der Waals surface area contributed by atoms with Gasteiger partial charge in [0.15, 0.2) is 6.61 Å². The minimum Gasteiger partial charge on any atom is -0.484 e. The highest BCUT2D eigenvalue weighted by molar-refractivity contribution is 6.31. The Hall–Kier alpha value is -0.970. The van der Waals surface area contributed by atoms with Gasteiger partial charge in [0.25, 0.3) is 5.91 Å². The summed E-state index contributed by atoms with van der Waals surface area (Å²) in [6.07, 6.45) is 0. The lowest BCUT2D eigenvalue weighted by atomic mass is 10.1. The third-order valence-corrected chi connectivity index (χ3v) is 2.91. The van der Waals surface area contributed by atoms with E-state index in [0.29, 0.717) is 17.3 Å². The number of hydrogen-bond acceptors (Lipinski definition) is 3. The van der Waals surface area contributed by atoms with Crippen LogP contribution < -0.4 is 15.8 Å². The summed E-state index contributed by atoms with van der Waals surface area (Å²) >= 11 is 5.90. The molecule has 4 nitrogen and oxygen atoms in total. The Morgan fingerprint density at radius 3 is 2.63 bits per heavy atom. The number of nitrogens with one attached hydrogen (secondary N) is 1. The first kappa shape index (κ1) is 18.0. The van der Waals surface area contributed by atoms with E-state index in [4.69, 9.17) is 22.1 Å². The third-order valence-electron chi connectivity index (χ3n) is 2.49. The van der Waals surface area contributed by atoms with Crippen LogP contribution in [0.4, 0.5) is 0 Å². The lowest BCUT2D eigenvalue weighted by Crippen LogP contribution is -2.50. The number of nitrogens with two attached hydrogens (primary N) is 1. The SMILES string of the molecule is Cc1cc(OCC(=O)NC(C)(C)CN)ccc1Cl.Cl. The Bertz CT molecular complexity index is 437. The van der Waals surface area contributed by atoms with Gasteiger partial charge in [0.05, 0.1) is 0 Å². The standard InChI is InChI=1S/C13H19ClN2O2.ClH/c1-9-6-10(4-5-11(9)14)18-7-12(17)16-13(2,3)8-15;/h4-6H,7-8,15H2,1-3H3,(H,16,17);1H. The van der Waals surface area contributed by atoms with Gasteiger partial charge in [-0.2, -0.15) is 0 Å². The molecule has 1 rings (SSSR count). The number of amides is 1. The molecule has 108 valence electrons. The molecule has 1 aromatic rings. The maximum Gasteiger partial charge on any atom is 0.258 e. The summed E-state index contributed by atoms with van der Waals surface area (Å²) < 4.78 is 5.38. The van der Waals surface area contributed by atoms with Gasteiger partial charge in [-0.1, -0.05) is 11.6 Å². The Labute approximate surface area is 125 Å². The molecule has 0 spiro atoms. The minimum atomic E-state index is -0.420. The molecule has 0 fully saturated rings. The van der Waals surface area contributed by atoms with E-state index in [9.17, 15) is 4.79 Å². The van der Waals surface area contributed by atoms with Gasteiger partial charge in [-0.3, -0.25) is 4.79 Å². The zero-order chi connectivity index (χ0) is 13.8. The Morgan fingerprint density at radius 2 is 2.11 bits per heavy atom. The van der Waals surface area contributed by atoms with Crippen LogP contribution in [0.15, 0.2) is 18.2 Å². The first-order chi connectivity index (χ1) is 8.34. The topological polar surface area (TPSA) is 64.3 Å². The molecule has 0 radical (unpaired) electrons. The Kier molecular flexibility index (Phi) is 7.19. The van der Waals surface area contributed by atoms with Crippen molar-refractivity contribution in [2.45, 2.75) is 26.3 Å². The third kappa shape index (κ3) is 6.14. The lowest BCUT2D eigenvalue weighted by Gasteiger charge is -2.24. The van der Waals surface area contributed by atoms with Crippen LogP contribution in [0.5, 0.6) is 5.75 Å². The van der Waals surface area contributed by atoms with Crippen molar-refractivity contribution in [1.82, 2.24) is 5.32 Å². The molecule has 0 aliphatic rings. The number of aryl methyl sites for hydroxylation is 1. The molecule has 1 aromatic carbocycles. The quantitative estimate of drug-likeness (QED) is 0.877. The normalized spacial score (nSPS) is 10.6. The zero-order valence-corrected chi connectivity index (χ0v) is 12.9.